The number of aliphatic hydroxyl groups is 2. The summed E-state index contributed by atoms with van der Waals surface area (Å²) in [6, 6.07) is 0. The molecule has 1 saturated carbocycles. The highest BCUT2D eigenvalue weighted by molar-refractivity contribution is 5.66. The van der Waals surface area contributed by atoms with Crippen molar-refractivity contribution in [3.63, 3.8) is 0 Å². The fourth-order valence-electron chi connectivity index (χ4n) is 3.72. The van der Waals surface area contributed by atoms with Crippen LogP contribution in [0.3, 0.4) is 0 Å². The molecular formula is C20H32O5. The zero-order valence-electron chi connectivity index (χ0n) is 15.1. The number of carbonyl (C=O) groups is 1. The van der Waals surface area contributed by atoms with E-state index in [1.165, 1.54) is 0 Å². The van der Waals surface area contributed by atoms with Crippen molar-refractivity contribution in [3.8, 4) is 0 Å². The largest absolute Gasteiger partial charge is 0.481 e. The molecule has 0 unspecified atom stereocenters. The van der Waals surface area contributed by atoms with Crippen molar-refractivity contribution >= 4 is 5.97 Å². The SMILES string of the molecule is CCCCC[C@H](O)/C=C/[C@@H]1C2=C[C@H](CCCCC(=O)O)O[C@@H]2C[C@H]1O. The predicted octanol–water partition coefficient (Wildman–Crippen LogP) is 3.20. The second-order valence-corrected chi connectivity index (χ2v) is 7.25. The molecule has 0 spiro atoms. The fourth-order valence-corrected chi connectivity index (χ4v) is 3.72. The summed E-state index contributed by atoms with van der Waals surface area (Å²) in [5.74, 6) is -0.830. The van der Waals surface area contributed by atoms with Crippen molar-refractivity contribution < 1.29 is 24.9 Å². The second-order valence-electron chi connectivity index (χ2n) is 7.25. The van der Waals surface area contributed by atoms with Crippen LogP contribution in [0.25, 0.3) is 0 Å². The van der Waals surface area contributed by atoms with E-state index in [1.54, 1.807) is 0 Å². The van der Waals surface area contributed by atoms with Gasteiger partial charge >= 0.3 is 5.97 Å². The number of hydrogen-bond donors (Lipinski definition) is 3. The number of aliphatic carboxylic acids is 1. The minimum absolute atomic E-state index is 0.0201. The number of fused-ring (bicyclic) bond motifs is 1. The van der Waals surface area contributed by atoms with Gasteiger partial charge < -0.3 is 20.1 Å². The summed E-state index contributed by atoms with van der Waals surface area (Å²) in [4.78, 5) is 10.5. The van der Waals surface area contributed by atoms with Crippen LogP contribution in [0.15, 0.2) is 23.8 Å². The fraction of sp³-hybridized carbons (Fsp3) is 0.750. The molecule has 5 heteroatoms. The highest BCUT2D eigenvalue weighted by atomic mass is 16.5. The average Bonchev–Trinajstić information content (AvgIpc) is 3.06. The third kappa shape index (κ3) is 6.24. The van der Waals surface area contributed by atoms with E-state index >= 15 is 0 Å². The van der Waals surface area contributed by atoms with Gasteiger partial charge in [-0.25, -0.2) is 0 Å². The molecule has 0 bridgehead atoms. The topological polar surface area (TPSA) is 87.0 Å². The third-order valence-corrected chi connectivity index (χ3v) is 5.12. The first-order chi connectivity index (χ1) is 12.0. The number of unbranched alkanes of at least 4 members (excludes halogenated alkanes) is 3. The Balaban J connectivity index is 1.83. The predicted molar refractivity (Wildman–Crippen MR) is 96.3 cm³/mol. The lowest BCUT2D eigenvalue weighted by atomic mass is 9.97. The standard InChI is InChI=1S/C20H32O5/c1-2-3-4-7-14(21)10-11-16-17-12-15(8-5-6-9-20(23)24)25-19(17)13-18(16)22/h10-12,14-16,18-19,21-22H,2-9,13H2,1H3,(H,23,24)/b11-10+/t14-,15-,16+,18+,19+/m0/s1. The van der Waals surface area contributed by atoms with Crippen molar-refractivity contribution in [2.75, 3.05) is 0 Å². The number of ether oxygens (including phenoxy) is 1. The summed E-state index contributed by atoms with van der Waals surface area (Å²) < 4.78 is 5.98. The van der Waals surface area contributed by atoms with Gasteiger partial charge in [0.1, 0.15) is 0 Å². The normalized spacial score (nSPS) is 29.8. The van der Waals surface area contributed by atoms with Crippen molar-refractivity contribution in [1.29, 1.82) is 0 Å². The first-order valence-corrected chi connectivity index (χ1v) is 9.64. The third-order valence-electron chi connectivity index (χ3n) is 5.12. The van der Waals surface area contributed by atoms with Crippen molar-refractivity contribution in [1.82, 2.24) is 0 Å². The van der Waals surface area contributed by atoms with Gasteiger partial charge in [-0.1, -0.05) is 44.4 Å². The van der Waals surface area contributed by atoms with Gasteiger partial charge in [-0.05, 0) is 31.3 Å². The Morgan fingerprint density at radius 1 is 1.36 bits per heavy atom. The Morgan fingerprint density at radius 2 is 2.16 bits per heavy atom. The molecule has 0 aromatic rings. The maximum atomic E-state index is 10.5. The number of carboxylic acid groups (broad SMARTS) is 1. The summed E-state index contributed by atoms with van der Waals surface area (Å²) in [7, 11) is 0. The lowest BCUT2D eigenvalue weighted by molar-refractivity contribution is -0.137. The molecule has 0 aromatic carbocycles. The Kier molecular flexibility index (Phi) is 8.13. The molecule has 1 heterocycles. The summed E-state index contributed by atoms with van der Waals surface area (Å²) in [5.41, 5.74) is 1.12. The molecular weight excluding hydrogens is 320 g/mol. The summed E-state index contributed by atoms with van der Waals surface area (Å²) in [6.45, 7) is 2.14. The van der Waals surface area contributed by atoms with Crippen LogP contribution in [-0.4, -0.2) is 45.7 Å². The van der Waals surface area contributed by atoms with Crippen LogP contribution in [0.4, 0.5) is 0 Å². The first kappa shape index (κ1) is 20.1. The van der Waals surface area contributed by atoms with Crippen LogP contribution in [0.1, 0.15) is 64.7 Å². The molecule has 142 valence electrons. The Hall–Kier alpha value is -1.17. The zero-order valence-corrected chi connectivity index (χ0v) is 15.1. The molecule has 5 atom stereocenters. The van der Waals surface area contributed by atoms with Gasteiger partial charge in [0.05, 0.1) is 24.4 Å². The van der Waals surface area contributed by atoms with E-state index in [2.05, 4.69) is 13.0 Å². The molecule has 0 radical (unpaired) electrons. The van der Waals surface area contributed by atoms with Crippen molar-refractivity contribution in [2.24, 2.45) is 5.92 Å². The van der Waals surface area contributed by atoms with Crippen molar-refractivity contribution in [2.45, 2.75) is 89.1 Å². The summed E-state index contributed by atoms with van der Waals surface area (Å²) >= 11 is 0. The molecule has 1 fully saturated rings. The number of aliphatic hydroxyl groups excluding tert-OH is 2. The van der Waals surface area contributed by atoms with Crippen LogP contribution in [0, 0.1) is 5.92 Å². The highest BCUT2D eigenvalue weighted by Crippen LogP contribution is 2.40. The van der Waals surface area contributed by atoms with Gasteiger partial charge in [0.25, 0.3) is 0 Å². The minimum Gasteiger partial charge on any atom is -0.481 e. The van der Waals surface area contributed by atoms with Crippen LogP contribution in [0.2, 0.25) is 0 Å². The lowest BCUT2D eigenvalue weighted by Crippen LogP contribution is -2.16. The molecule has 1 aliphatic carbocycles. The van der Waals surface area contributed by atoms with Crippen LogP contribution in [0.5, 0.6) is 0 Å². The molecule has 3 N–H and O–H groups in total. The van der Waals surface area contributed by atoms with Gasteiger partial charge in [0.15, 0.2) is 0 Å². The van der Waals surface area contributed by atoms with Crippen LogP contribution in [-0.2, 0) is 9.53 Å². The lowest BCUT2D eigenvalue weighted by Gasteiger charge is -2.13. The van der Waals surface area contributed by atoms with E-state index in [-0.39, 0.29) is 24.5 Å². The molecule has 2 rings (SSSR count). The Labute approximate surface area is 150 Å². The van der Waals surface area contributed by atoms with E-state index in [1.807, 2.05) is 12.2 Å². The van der Waals surface area contributed by atoms with E-state index in [9.17, 15) is 15.0 Å². The van der Waals surface area contributed by atoms with Crippen LogP contribution >= 0.6 is 0 Å². The van der Waals surface area contributed by atoms with E-state index < -0.39 is 18.2 Å². The molecule has 25 heavy (non-hydrogen) atoms. The molecule has 2 aliphatic rings. The van der Waals surface area contributed by atoms with Gasteiger partial charge in [-0.15, -0.1) is 0 Å². The molecule has 0 aromatic heterocycles. The minimum atomic E-state index is -0.756. The van der Waals surface area contributed by atoms with Crippen molar-refractivity contribution in [3.05, 3.63) is 23.8 Å². The maximum Gasteiger partial charge on any atom is 0.303 e. The zero-order chi connectivity index (χ0) is 18.2. The van der Waals surface area contributed by atoms with Crippen LogP contribution < -0.4 is 0 Å². The van der Waals surface area contributed by atoms with E-state index in [0.29, 0.717) is 12.8 Å². The first-order valence-electron chi connectivity index (χ1n) is 9.64. The molecule has 0 saturated heterocycles. The maximum absolute atomic E-state index is 10.5. The van der Waals surface area contributed by atoms with Gasteiger partial charge in [0, 0.05) is 18.8 Å². The molecule has 0 amide bonds. The Bertz CT molecular complexity index is 484. The average molecular weight is 352 g/mol. The van der Waals surface area contributed by atoms with Gasteiger partial charge in [-0.2, -0.15) is 0 Å². The smallest absolute Gasteiger partial charge is 0.303 e. The quantitative estimate of drug-likeness (QED) is 0.393. The van der Waals surface area contributed by atoms with E-state index in [0.717, 1.165) is 44.1 Å². The second kappa shape index (κ2) is 10.1. The molecule has 5 nitrogen and oxygen atoms in total. The van der Waals surface area contributed by atoms with Gasteiger partial charge in [0.2, 0.25) is 0 Å². The van der Waals surface area contributed by atoms with Gasteiger partial charge in [-0.3, -0.25) is 4.79 Å². The highest BCUT2D eigenvalue weighted by Gasteiger charge is 2.41. The summed E-state index contributed by atoms with van der Waals surface area (Å²) in [6.07, 6.45) is 12.1. The number of carboxylic acids is 1. The summed E-state index contributed by atoms with van der Waals surface area (Å²) in [5, 5.41) is 29.0. The van der Waals surface area contributed by atoms with E-state index in [4.69, 9.17) is 9.84 Å². The molecule has 1 aliphatic heterocycles. The Morgan fingerprint density at radius 3 is 2.88 bits per heavy atom. The number of hydrogen-bond acceptors (Lipinski definition) is 4. The monoisotopic (exact) mass is 352 g/mol. The number of rotatable bonds is 11.